The second kappa shape index (κ2) is 12.1. The van der Waals surface area contributed by atoms with Gasteiger partial charge in [0, 0.05) is 5.41 Å². The molecule has 0 heterocycles. The van der Waals surface area contributed by atoms with Gasteiger partial charge in [-0.25, -0.2) is 17.2 Å². The first kappa shape index (κ1) is 32.9. The molecule has 0 N–H and O–H groups in total. The summed E-state index contributed by atoms with van der Waals surface area (Å²) in [5, 5.41) is 0. The molecule has 4 aliphatic rings. The Morgan fingerprint density at radius 3 is 1.84 bits per heavy atom. The zero-order valence-electron chi connectivity index (χ0n) is 24.6. The molecule has 1 unspecified atom stereocenters. The van der Waals surface area contributed by atoms with Crippen molar-refractivity contribution < 1.29 is 49.0 Å². The summed E-state index contributed by atoms with van der Waals surface area (Å²) in [6, 6.07) is 9.81. The number of rotatable bonds is 0. The quantitative estimate of drug-likeness (QED) is 0.338. The van der Waals surface area contributed by atoms with E-state index < -0.39 is 0 Å². The molecule has 0 nitrogen and oxygen atoms in total. The standard InChI is InChI=1S/C25H25.C7H9.C3H6.2ClH.Zr/c1-14-12-24(3,4)22-8-16-7-17-9-23-19(15(2)13-25(23,5)6)11-21(17)20(16)10-18(14)22;1-6-3-4-7(2)5-6;1-3-2;;;/h8-12H,7H2,1-6H3;3,5,7H,1-2H3;1-2H3;2*1H;/q2*-1;;;;+2/p-2. The predicted molar refractivity (Wildman–Crippen MR) is 154 cm³/mol. The monoisotopic (exact) mass is 620 g/mol. The molecule has 200 valence electrons. The molecule has 38 heavy (non-hydrogen) atoms. The van der Waals surface area contributed by atoms with Gasteiger partial charge in [-0.15, -0.1) is 18.6 Å². The topological polar surface area (TPSA) is 0 Å². The minimum atomic E-state index is 0. The van der Waals surface area contributed by atoms with Crippen LogP contribution in [0.1, 0.15) is 103 Å². The average Bonchev–Trinajstić information content (AvgIpc) is 3.43. The third kappa shape index (κ3) is 6.54. The molecule has 0 amide bonds. The van der Waals surface area contributed by atoms with Crippen LogP contribution in [-0.2, 0) is 41.5 Å². The van der Waals surface area contributed by atoms with Crippen LogP contribution in [0.15, 0.2) is 48.1 Å². The summed E-state index contributed by atoms with van der Waals surface area (Å²) in [6.07, 6.45) is 14.5. The first-order valence-electron chi connectivity index (χ1n) is 13.2. The van der Waals surface area contributed by atoms with E-state index >= 15 is 0 Å². The van der Waals surface area contributed by atoms with Crippen molar-refractivity contribution >= 4 is 14.4 Å². The third-order valence-electron chi connectivity index (χ3n) is 7.52. The molecule has 0 aliphatic heterocycles. The van der Waals surface area contributed by atoms with Crippen molar-refractivity contribution in [1.29, 1.82) is 0 Å². The molecule has 0 saturated carbocycles. The Morgan fingerprint density at radius 1 is 0.842 bits per heavy atom. The second-order valence-corrected chi connectivity index (χ2v) is 14.7. The van der Waals surface area contributed by atoms with E-state index in [2.05, 4.69) is 118 Å². The molecular weight excluding hydrogens is 583 g/mol. The van der Waals surface area contributed by atoms with Crippen molar-refractivity contribution in [2.24, 2.45) is 5.92 Å². The molecular formula is C35H40Cl2Zr-2. The van der Waals surface area contributed by atoms with Gasteiger partial charge in [-0.2, -0.15) is 11.6 Å². The molecule has 6 rings (SSSR count). The summed E-state index contributed by atoms with van der Waals surface area (Å²) < 4.78 is 1.51. The summed E-state index contributed by atoms with van der Waals surface area (Å²) >= 11 is 1.55. The normalized spacial score (nSPS) is 19.5. The zero-order valence-corrected chi connectivity index (χ0v) is 28.6. The number of fused-ring (bicyclic) bond motifs is 5. The molecule has 0 radical (unpaired) electrons. The molecule has 4 aliphatic carbocycles. The van der Waals surface area contributed by atoms with E-state index in [9.17, 15) is 0 Å². The number of benzene rings is 2. The third-order valence-corrected chi connectivity index (χ3v) is 7.52. The van der Waals surface area contributed by atoms with Gasteiger partial charge in [0.1, 0.15) is 0 Å². The molecule has 1 atom stereocenters. The van der Waals surface area contributed by atoms with E-state index in [4.69, 9.17) is 0 Å². The fraction of sp³-hybridized carbons (Fsp3) is 0.400. The molecule has 0 spiro atoms. The van der Waals surface area contributed by atoms with E-state index in [1.54, 1.807) is 24.2 Å². The fourth-order valence-corrected chi connectivity index (χ4v) is 6.03. The van der Waals surface area contributed by atoms with Crippen molar-refractivity contribution in [3.8, 4) is 11.1 Å². The van der Waals surface area contributed by atoms with Gasteiger partial charge in [-0.3, -0.25) is 12.2 Å². The Bertz CT molecular complexity index is 1290. The first-order valence-corrected chi connectivity index (χ1v) is 14.4. The van der Waals surface area contributed by atoms with Crippen LogP contribution in [0.2, 0.25) is 0 Å². The van der Waals surface area contributed by atoms with Crippen molar-refractivity contribution in [2.45, 2.75) is 86.5 Å². The summed E-state index contributed by atoms with van der Waals surface area (Å²) in [5.74, 6) is 0.556. The minimum Gasteiger partial charge on any atom is -1.00 e. The van der Waals surface area contributed by atoms with E-state index in [0.717, 1.165) is 6.42 Å². The molecule has 0 saturated heterocycles. The van der Waals surface area contributed by atoms with Crippen molar-refractivity contribution in [2.75, 3.05) is 0 Å². The van der Waals surface area contributed by atoms with Crippen molar-refractivity contribution in [3.63, 3.8) is 0 Å². The van der Waals surface area contributed by atoms with Gasteiger partial charge in [-0.1, -0.05) is 71.1 Å². The number of allylic oxidation sites excluding steroid dienone is 8. The molecule has 2 aromatic rings. The molecule has 0 aromatic heterocycles. The fourth-order valence-electron chi connectivity index (χ4n) is 6.03. The predicted octanol–water partition coefficient (Wildman–Crippen LogP) is 3.15. The van der Waals surface area contributed by atoms with E-state index in [1.165, 1.54) is 64.4 Å². The van der Waals surface area contributed by atoms with E-state index in [1.807, 2.05) is 6.08 Å². The maximum atomic E-state index is 3.65. The van der Waals surface area contributed by atoms with Crippen LogP contribution < -0.4 is 24.8 Å². The van der Waals surface area contributed by atoms with Gasteiger partial charge in [0.25, 0.3) is 0 Å². The van der Waals surface area contributed by atoms with Crippen LogP contribution in [0.4, 0.5) is 0 Å². The smallest absolute Gasteiger partial charge is 1.00 e. The summed E-state index contributed by atoms with van der Waals surface area (Å²) in [6.45, 7) is 22.1. The van der Waals surface area contributed by atoms with Crippen molar-refractivity contribution in [1.82, 2.24) is 0 Å². The number of halogens is 2. The number of hydrogen-bond donors (Lipinski definition) is 0. The number of hydrogen-bond acceptors (Lipinski definition) is 0. The van der Waals surface area contributed by atoms with Gasteiger partial charge in [0.05, 0.1) is 0 Å². The Morgan fingerprint density at radius 2 is 1.37 bits per heavy atom. The minimum absolute atomic E-state index is 0. The second-order valence-electron chi connectivity index (χ2n) is 12.2. The molecule has 0 fully saturated rings. The Hall–Kier alpha value is -1.27. The summed E-state index contributed by atoms with van der Waals surface area (Å²) in [7, 11) is 0. The first-order chi connectivity index (χ1) is 16.7. The van der Waals surface area contributed by atoms with Gasteiger partial charge in [0.2, 0.25) is 0 Å². The van der Waals surface area contributed by atoms with Crippen LogP contribution in [0, 0.1) is 18.1 Å². The Balaban J connectivity index is 0.000000331. The summed E-state index contributed by atoms with van der Waals surface area (Å²) in [4.78, 5) is 0. The van der Waals surface area contributed by atoms with Crippen LogP contribution in [0.25, 0.3) is 22.3 Å². The van der Waals surface area contributed by atoms with Crippen LogP contribution in [0.5, 0.6) is 0 Å². The van der Waals surface area contributed by atoms with Gasteiger partial charge in [0.15, 0.2) is 0 Å². The molecule has 2 aromatic carbocycles. The van der Waals surface area contributed by atoms with E-state index in [0.29, 0.717) is 5.92 Å². The SMILES string of the molecule is CC1=CC(C)[C-]=C1.CC1=[C-]C(C)(C)c2cc3c(cc21)-c1cc2c(cc1C3)C(C)(C)C=C2C.C[C](C)=[Zr+2].[Cl-].[Cl-]. The summed E-state index contributed by atoms with van der Waals surface area (Å²) in [5.41, 5.74) is 15.9. The van der Waals surface area contributed by atoms with Gasteiger partial charge < -0.3 is 24.8 Å². The molecule has 3 heteroatoms. The Kier molecular flexibility index (Phi) is 10.5. The average molecular weight is 623 g/mol. The van der Waals surface area contributed by atoms with Crippen LogP contribution in [-0.4, -0.2) is 3.21 Å². The zero-order chi connectivity index (χ0) is 26.6. The maximum Gasteiger partial charge on any atom is -1.00 e. The Labute approximate surface area is 258 Å². The van der Waals surface area contributed by atoms with Gasteiger partial charge in [-0.05, 0) is 58.4 Å². The van der Waals surface area contributed by atoms with Gasteiger partial charge >= 0.3 is 41.3 Å². The largest absolute Gasteiger partial charge is 1.00 e. The maximum absolute atomic E-state index is 3.65. The van der Waals surface area contributed by atoms with Crippen LogP contribution in [0.3, 0.4) is 0 Å². The van der Waals surface area contributed by atoms with E-state index in [-0.39, 0.29) is 35.6 Å². The molecule has 0 bridgehead atoms. The van der Waals surface area contributed by atoms with Crippen LogP contribution >= 0.6 is 0 Å². The van der Waals surface area contributed by atoms with Crippen molar-refractivity contribution in [3.05, 3.63) is 93.6 Å².